The Kier molecular flexibility index (Phi) is 10.4. The van der Waals surface area contributed by atoms with Gasteiger partial charge in [-0.3, -0.25) is 14.6 Å². The van der Waals surface area contributed by atoms with Crippen molar-refractivity contribution < 1.29 is 28.7 Å². The summed E-state index contributed by atoms with van der Waals surface area (Å²) >= 11 is 0. The number of aromatic nitrogens is 2. The van der Waals surface area contributed by atoms with Gasteiger partial charge in [-0.1, -0.05) is 6.07 Å². The molecule has 0 spiro atoms. The molecule has 3 amide bonds. The second-order valence-electron chi connectivity index (χ2n) is 8.53. The van der Waals surface area contributed by atoms with E-state index in [2.05, 4.69) is 25.3 Å². The topological polar surface area (TPSA) is 181 Å². The van der Waals surface area contributed by atoms with E-state index in [9.17, 15) is 19.2 Å². The van der Waals surface area contributed by atoms with Gasteiger partial charge in [-0.05, 0) is 63.1 Å². The van der Waals surface area contributed by atoms with E-state index in [1.165, 1.54) is 24.7 Å². The summed E-state index contributed by atoms with van der Waals surface area (Å²) in [5, 5.41) is 2.74. The van der Waals surface area contributed by atoms with Crippen LogP contribution in [0.15, 0.2) is 58.9 Å². The maximum absolute atomic E-state index is 13.3. The van der Waals surface area contributed by atoms with Crippen LogP contribution in [-0.2, 0) is 9.47 Å². The van der Waals surface area contributed by atoms with Crippen molar-refractivity contribution in [1.29, 1.82) is 0 Å². The molecule has 0 aliphatic rings. The van der Waals surface area contributed by atoms with E-state index >= 15 is 0 Å². The van der Waals surface area contributed by atoms with Crippen molar-refractivity contribution in [3.05, 3.63) is 82.4 Å². The average Bonchev–Trinajstić information content (AvgIpc) is 3.35. The van der Waals surface area contributed by atoms with Gasteiger partial charge < -0.3 is 25.5 Å². The second kappa shape index (κ2) is 14.2. The van der Waals surface area contributed by atoms with Crippen molar-refractivity contribution in [3.8, 4) is 0 Å². The number of amidine groups is 1. The van der Waals surface area contributed by atoms with Crippen LogP contribution >= 0.6 is 0 Å². The zero-order valence-electron chi connectivity index (χ0n) is 23.1. The number of ether oxygens (including phenoxy) is 2. The summed E-state index contributed by atoms with van der Waals surface area (Å²) in [7, 11) is 0. The number of carbonyl (C=O) groups is 4. The lowest BCUT2D eigenvalue weighted by molar-refractivity contribution is -0.0102. The van der Waals surface area contributed by atoms with Crippen LogP contribution in [0.2, 0.25) is 0 Å². The monoisotopic (exact) mass is 561 g/mol. The minimum absolute atomic E-state index is 0.0120. The predicted molar refractivity (Wildman–Crippen MR) is 151 cm³/mol. The van der Waals surface area contributed by atoms with Crippen LogP contribution in [0.1, 0.15) is 61.7 Å². The van der Waals surface area contributed by atoms with Crippen molar-refractivity contribution in [3.63, 3.8) is 0 Å². The molecule has 0 unspecified atom stereocenters. The number of nitrogens with two attached hydrogens (primary N) is 1. The Morgan fingerprint density at radius 2 is 1.90 bits per heavy atom. The van der Waals surface area contributed by atoms with Gasteiger partial charge in [0.25, 0.3) is 11.8 Å². The van der Waals surface area contributed by atoms with Gasteiger partial charge in [0.2, 0.25) is 6.79 Å². The minimum atomic E-state index is -0.995. The first-order valence-electron chi connectivity index (χ1n) is 12.7. The molecule has 2 heterocycles. The highest BCUT2D eigenvalue weighted by Crippen LogP contribution is 2.24. The molecule has 1 aromatic carbocycles. The molecular weight excluding hydrogens is 530 g/mol. The zero-order valence-corrected chi connectivity index (χ0v) is 23.1. The summed E-state index contributed by atoms with van der Waals surface area (Å²) in [4.78, 5) is 66.7. The number of imide groups is 1. The van der Waals surface area contributed by atoms with Gasteiger partial charge in [0.15, 0.2) is 5.84 Å². The summed E-state index contributed by atoms with van der Waals surface area (Å²) in [6.07, 6.45) is 4.30. The number of nitrogens with one attached hydrogen (secondary N) is 2. The molecule has 2 aromatic heterocycles. The third-order valence-electron chi connectivity index (χ3n) is 5.88. The number of aromatic amines is 1. The number of esters is 1. The zero-order chi connectivity index (χ0) is 29.9. The van der Waals surface area contributed by atoms with Crippen LogP contribution < -0.4 is 11.1 Å². The van der Waals surface area contributed by atoms with Crippen LogP contribution in [0.25, 0.3) is 0 Å². The normalized spacial score (nSPS) is 11.3. The molecule has 0 atom stereocenters. The Bertz CT molecular complexity index is 1480. The van der Waals surface area contributed by atoms with Gasteiger partial charge in [0.1, 0.15) is 0 Å². The number of pyridine rings is 1. The van der Waals surface area contributed by atoms with Crippen molar-refractivity contribution in [2.45, 2.75) is 27.7 Å². The molecule has 214 valence electrons. The maximum Gasteiger partial charge on any atom is 0.419 e. The van der Waals surface area contributed by atoms with E-state index in [1.54, 1.807) is 38.1 Å². The number of H-pyrrole nitrogens is 1. The summed E-state index contributed by atoms with van der Waals surface area (Å²) in [5.74, 6) is -1.46. The number of amides is 3. The fourth-order valence-corrected chi connectivity index (χ4v) is 3.70. The molecule has 0 fully saturated rings. The number of aliphatic imine (C=N–C) groups is 2. The molecule has 3 aromatic rings. The number of hydrogen-bond donors (Lipinski definition) is 3. The highest BCUT2D eigenvalue weighted by molar-refractivity contribution is 6.09. The van der Waals surface area contributed by atoms with E-state index in [1.807, 2.05) is 13.8 Å². The highest BCUT2D eigenvalue weighted by Gasteiger charge is 2.27. The van der Waals surface area contributed by atoms with Gasteiger partial charge in [-0.25, -0.2) is 24.5 Å². The molecule has 0 radical (unpaired) electrons. The number of hydrogen-bond acceptors (Lipinski definition) is 8. The number of carbonyl (C=O) groups excluding carboxylic acids is 4. The third kappa shape index (κ3) is 7.41. The first-order chi connectivity index (χ1) is 19.7. The van der Waals surface area contributed by atoms with Gasteiger partial charge in [0, 0.05) is 37.2 Å². The largest absolute Gasteiger partial charge is 0.424 e. The van der Waals surface area contributed by atoms with Crippen molar-refractivity contribution in [1.82, 2.24) is 20.2 Å². The molecule has 41 heavy (non-hydrogen) atoms. The van der Waals surface area contributed by atoms with Crippen LogP contribution in [0.4, 0.5) is 10.5 Å². The fourth-order valence-electron chi connectivity index (χ4n) is 3.70. The Labute approximate surface area is 236 Å². The molecule has 4 N–H and O–H groups in total. The number of nitrogens with zero attached hydrogens (tertiary/aromatic N) is 4. The molecule has 13 nitrogen and oxygen atoms in total. The summed E-state index contributed by atoms with van der Waals surface area (Å²) in [6, 6.07) is 8.15. The summed E-state index contributed by atoms with van der Waals surface area (Å²) in [6.45, 7) is 6.69. The lowest BCUT2D eigenvalue weighted by atomic mass is 10.1. The van der Waals surface area contributed by atoms with Gasteiger partial charge in [-0.15, -0.1) is 0 Å². The lowest BCUT2D eigenvalue weighted by Gasteiger charge is -2.18. The number of rotatable bonds is 9. The average molecular weight is 562 g/mol. The molecule has 13 heteroatoms. The molecular formula is C28H31N7O6. The Morgan fingerprint density at radius 3 is 2.56 bits per heavy atom. The molecule has 0 bridgehead atoms. The quantitative estimate of drug-likeness (QED) is 0.154. The van der Waals surface area contributed by atoms with Crippen LogP contribution in [0.3, 0.4) is 0 Å². The molecule has 0 aliphatic heterocycles. The SMILES string of the molecule is CCNC(=O)c1ccc(C)c(N=C(N=CN)c2[nH]cc(C(=O)N(CC)C(=O)OCOC(=O)c3cccnc3)c2C)c1. The lowest BCUT2D eigenvalue weighted by Crippen LogP contribution is -2.37. The van der Waals surface area contributed by atoms with E-state index in [0.29, 0.717) is 29.1 Å². The predicted octanol–water partition coefficient (Wildman–Crippen LogP) is 3.25. The first kappa shape index (κ1) is 30.2. The Balaban J connectivity index is 1.80. The number of aryl methyl sites for hydroxylation is 1. The van der Waals surface area contributed by atoms with Gasteiger partial charge in [-0.2, -0.15) is 0 Å². The minimum Gasteiger partial charge on any atom is -0.424 e. The van der Waals surface area contributed by atoms with Crippen molar-refractivity contribution >= 4 is 41.7 Å². The molecule has 0 saturated heterocycles. The molecule has 3 rings (SSSR count). The number of benzene rings is 1. The van der Waals surface area contributed by atoms with Crippen LogP contribution in [-0.4, -0.2) is 70.8 Å². The van der Waals surface area contributed by atoms with Crippen LogP contribution in [0.5, 0.6) is 0 Å². The Morgan fingerprint density at radius 1 is 1.12 bits per heavy atom. The highest BCUT2D eigenvalue weighted by atomic mass is 16.7. The van der Waals surface area contributed by atoms with E-state index in [0.717, 1.165) is 16.8 Å². The fraction of sp³-hybridized carbons (Fsp3) is 0.250. The van der Waals surface area contributed by atoms with Gasteiger partial charge in [0.05, 0.1) is 28.8 Å². The summed E-state index contributed by atoms with van der Waals surface area (Å²) < 4.78 is 9.93. The smallest absolute Gasteiger partial charge is 0.419 e. The van der Waals surface area contributed by atoms with Crippen molar-refractivity contribution in [2.24, 2.45) is 15.7 Å². The Hall–Kier alpha value is -5.33. The third-order valence-corrected chi connectivity index (χ3v) is 5.88. The first-order valence-corrected chi connectivity index (χ1v) is 12.7. The maximum atomic E-state index is 13.3. The van der Waals surface area contributed by atoms with E-state index < -0.39 is 24.8 Å². The van der Waals surface area contributed by atoms with E-state index in [-0.39, 0.29) is 29.4 Å². The molecule has 0 saturated carbocycles. The van der Waals surface area contributed by atoms with Crippen molar-refractivity contribution in [2.75, 3.05) is 19.9 Å². The summed E-state index contributed by atoms with van der Waals surface area (Å²) in [5.41, 5.74) is 8.46. The van der Waals surface area contributed by atoms with Gasteiger partial charge >= 0.3 is 12.1 Å². The molecule has 0 aliphatic carbocycles. The standard InChI is InChI=1S/C28H31N7O6/c1-5-31-25(36)19-10-9-17(3)22(12-19)34-24(33-15-29)23-18(4)21(14-32-23)26(37)35(6-2)28(39)41-16-40-27(38)20-8-7-11-30-13-20/h7-15,32H,5-6,16H2,1-4H3,(H,31,36)(H2,29,33,34). The van der Waals surface area contributed by atoms with Crippen LogP contribution in [0, 0.1) is 13.8 Å². The van der Waals surface area contributed by atoms with E-state index in [4.69, 9.17) is 15.2 Å². The second-order valence-corrected chi connectivity index (χ2v) is 8.53.